The molecule has 4 nitrogen and oxygen atoms in total. The van der Waals surface area contributed by atoms with Gasteiger partial charge in [0, 0.05) is 0 Å². The fraction of sp³-hybridized carbons (Fsp3) is 0.0769. The van der Waals surface area contributed by atoms with Crippen LogP contribution in [0.15, 0.2) is 28.1 Å². The van der Waals surface area contributed by atoms with Crippen LogP contribution in [0.25, 0.3) is 21.7 Å². The first-order valence-electron chi connectivity index (χ1n) is 5.78. The van der Waals surface area contributed by atoms with E-state index in [4.69, 9.17) is 28.3 Å². The van der Waals surface area contributed by atoms with Crippen molar-refractivity contribution in [1.29, 1.82) is 0 Å². The van der Waals surface area contributed by atoms with Gasteiger partial charge in [-0.25, -0.2) is 4.98 Å². The normalized spacial score (nSPS) is 11.2. The van der Waals surface area contributed by atoms with Crippen LogP contribution in [0, 0.1) is 0 Å². The van der Waals surface area contributed by atoms with Crippen LogP contribution in [0.4, 0.5) is 0 Å². The Morgan fingerprint density at radius 2 is 2.05 bits per heavy atom. The predicted molar refractivity (Wildman–Crippen MR) is 88.4 cm³/mol. The van der Waals surface area contributed by atoms with Gasteiger partial charge in [0.2, 0.25) is 0 Å². The molecule has 0 radical (unpaired) electrons. The minimum Gasteiger partial charge on any atom is -0.480 e. The summed E-state index contributed by atoms with van der Waals surface area (Å²) >= 11 is 16.9. The highest BCUT2D eigenvalue weighted by Gasteiger charge is 2.17. The Balaban J connectivity index is 2.29. The molecule has 21 heavy (non-hydrogen) atoms. The number of rotatable bonds is 3. The third-order valence-electron chi connectivity index (χ3n) is 2.88. The van der Waals surface area contributed by atoms with Gasteiger partial charge in [-0.1, -0.05) is 23.2 Å². The van der Waals surface area contributed by atoms with Crippen molar-refractivity contribution < 1.29 is 9.90 Å². The summed E-state index contributed by atoms with van der Waals surface area (Å²) in [5, 5.41) is 9.89. The highest BCUT2D eigenvalue weighted by Crippen LogP contribution is 2.35. The molecule has 0 amide bonds. The number of carbonyl (C=O) groups is 1. The van der Waals surface area contributed by atoms with Crippen LogP contribution in [0.5, 0.6) is 0 Å². The van der Waals surface area contributed by atoms with E-state index in [1.165, 1.54) is 11.3 Å². The lowest BCUT2D eigenvalue weighted by Gasteiger charge is -2.05. The molecule has 0 fully saturated rings. The molecule has 0 aliphatic rings. The van der Waals surface area contributed by atoms with Gasteiger partial charge >= 0.3 is 5.97 Å². The van der Waals surface area contributed by atoms with Crippen LogP contribution in [0.3, 0.4) is 0 Å². The number of nitrogens with zero attached hydrogens (tertiary/aromatic N) is 2. The maximum atomic E-state index is 11.1. The molecular formula is C13H7BrCl2N2O2S. The lowest BCUT2D eigenvalue weighted by Crippen LogP contribution is -2.09. The fourth-order valence-corrected chi connectivity index (χ4v) is 3.74. The third-order valence-corrected chi connectivity index (χ3v) is 5.22. The molecule has 0 spiro atoms. The van der Waals surface area contributed by atoms with E-state index in [1.807, 2.05) is 12.1 Å². The van der Waals surface area contributed by atoms with Gasteiger partial charge in [-0.15, -0.1) is 11.3 Å². The highest BCUT2D eigenvalue weighted by molar-refractivity contribution is 9.11. The Hall–Kier alpha value is -1.08. The Bertz CT molecular complexity index is 859. The summed E-state index contributed by atoms with van der Waals surface area (Å²) in [7, 11) is 0. The number of thiophene rings is 1. The van der Waals surface area contributed by atoms with Crippen LogP contribution in [0.1, 0.15) is 0 Å². The van der Waals surface area contributed by atoms with Crippen molar-refractivity contribution in [1.82, 2.24) is 9.55 Å². The largest absolute Gasteiger partial charge is 0.480 e. The molecule has 8 heteroatoms. The molecule has 2 aromatic heterocycles. The third kappa shape index (κ3) is 2.81. The summed E-state index contributed by atoms with van der Waals surface area (Å²) in [5.74, 6) is -0.362. The molecule has 3 aromatic rings. The van der Waals surface area contributed by atoms with Crippen molar-refractivity contribution in [3.63, 3.8) is 0 Å². The molecule has 3 rings (SSSR count). The second-order valence-electron chi connectivity index (χ2n) is 4.27. The summed E-state index contributed by atoms with van der Waals surface area (Å²) < 4.78 is 2.57. The molecule has 0 bridgehead atoms. The number of carboxylic acid groups (broad SMARTS) is 1. The van der Waals surface area contributed by atoms with Crippen molar-refractivity contribution in [3.8, 4) is 10.7 Å². The van der Waals surface area contributed by atoms with Crippen molar-refractivity contribution in [3.05, 3.63) is 38.1 Å². The number of aromatic nitrogens is 2. The molecular weight excluding hydrogens is 399 g/mol. The lowest BCUT2D eigenvalue weighted by molar-refractivity contribution is -0.137. The standard InChI is InChI=1S/C13H7BrCl2N2O2S/c14-11-2-1-10(21-11)13-17-8-3-6(15)7(16)4-9(8)18(13)5-12(19)20/h1-4H,5H2,(H,19,20). The second kappa shape index (κ2) is 5.61. The molecule has 1 aromatic carbocycles. The summed E-state index contributed by atoms with van der Waals surface area (Å²) in [6, 6.07) is 7.06. The zero-order chi connectivity index (χ0) is 15.1. The molecule has 2 heterocycles. The minimum absolute atomic E-state index is 0.195. The van der Waals surface area contributed by atoms with Crippen molar-refractivity contribution in [2.75, 3.05) is 0 Å². The Kier molecular flexibility index (Phi) is 3.96. The van der Waals surface area contributed by atoms with Crippen molar-refractivity contribution in [2.24, 2.45) is 0 Å². The van der Waals surface area contributed by atoms with E-state index in [2.05, 4.69) is 20.9 Å². The number of hydrogen-bond donors (Lipinski definition) is 1. The van der Waals surface area contributed by atoms with E-state index in [1.54, 1.807) is 16.7 Å². The average Bonchev–Trinajstić information content (AvgIpc) is 2.95. The molecule has 108 valence electrons. The van der Waals surface area contributed by atoms with E-state index in [0.29, 0.717) is 26.9 Å². The molecule has 1 N–H and O–H groups in total. The Labute approximate surface area is 142 Å². The van der Waals surface area contributed by atoms with Gasteiger partial charge in [0.15, 0.2) is 5.82 Å². The number of benzene rings is 1. The second-order valence-corrected chi connectivity index (χ2v) is 7.55. The van der Waals surface area contributed by atoms with Gasteiger partial charge in [0.25, 0.3) is 0 Å². The molecule has 0 aliphatic heterocycles. The van der Waals surface area contributed by atoms with Crippen LogP contribution >= 0.6 is 50.5 Å². The number of imidazole rings is 1. The first kappa shape index (κ1) is 14.8. The highest BCUT2D eigenvalue weighted by atomic mass is 79.9. The summed E-state index contributed by atoms with van der Waals surface area (Å²) in [6.45, 7) is -0.195. The Morgan fingerprint density at radius 3 is 2.67 bits per heavy atom. The molecule has 0 unspecified atom stereocenters. The van der Waals surface area contributed by atoms with E-state index < -0.39 is 5.97 Å². The van der Waals surface area contributed by atoms with E-state index in [0.717, 1.165) is 8.66 Å². The number of hydrogen-bond acceptors (Lipinski definition) is 3. The molecule has 0 aliphatic carbocycles. The number of carboxylic acids is 1. The fourth-order valence-electron chi connectivity index (χ4n) is 2.04. The SMILES string of the molecule is O=C(O)Cn1c(-c2ccc(Br)s2)nc2cc(Cl)c(Cl)cc21. The summed E-state index contributed by atoms with van der Waals surface area (Å²) in [4.78, 5) is 16.5. The van der Waals surface area contributed by atoms with Gasteiger partial charge in [0.1, 0.15) is 6.54 Å². The van der Waals surface area contributed by atoms with E-state index in [-0.39, 0.29) is 6.54 Å². The first-order chi connectivity index (χ1) is 9.95. The number of fused-ring (bicyclic) bond motifs is 1. The Morgan fingerprint density at radius 1 is 1.33 bits per heavy atom. The van der Waals surface area contributed by atoms with Crippen molar-refractivity contribution in [2.45, 2.75) is 6.54 Å². The smallest absolute Gasteiger partial charge is 0.323 e. The molecule has 0 saturated heterocycles. The van der Waals surface area contributed by atoms with Gasteiger partial charge in [-0.3, -0.25) is 4.79 Å². The van der Waals surface area contributed by atoms with Crippen LogP contribution in [-0.2, 0) is 11.3 Å². The first-order valence-corrected chi connectivity index (χ1v) is 8.15. The minimum atomic E-state index is -0.947. The maximum Gasteiger partial charge on any atom is 0.323 e. The van der Waals surface area contributed by atoms with Gasteiger partial charge in [-0.05, 0) is 40.2 Å². The van der Waals surface area contributed by atoms with Crippen LogP contribution in [-0.4, -0.2) is 20.6 Å². The van der Waals surface area contributed by atoms with Gasteiger partial charge < -0.3 is 9.67 Å². The maximum absolute atomic E-state index is 11.1. The zero-order valence-corrected chi connectivity index (χ0v) is 14.2. The van der Waals surface area contributed by atoms with Crippen molar-refractivity contribution >= 4 is 67.5 Å². The monoisotopic (exact) mass is 404 g/mol. The molecule has 0 atom stereocenters. The number of aliphatic carboxylic acids is 1. The zero-order valence-electron chi connectivity index (χ0n) is 10.3. The molecule has 0 saturated carbocycles. The predicted octanol–water partition coefficient (Wildman–Crippen LogP) is 4.92. The van der Waals surface area contributed by atoms with Crippen LogP contribution in [0.2, 0.25) is 10.0 Å². The number of halogens is 3. The van der Waals surface area contributed by atoms with E-state index in [9.17, 15) is 4.79 Å². The van der Waals surface area contributed by atoms with Gasteiger partial charge in [-0.2, -0.15) is 0 Å². The topological polar surface area (TPSA) is 55.1 Å². The average molecular weight is 406 g/mol. The summed E-state index contributed by atoms with van der Waals surface area (Å²) in [6.07, 6.45) is 0. The quantitative estimate of drug-likeness (QED) is 0.672. The van der Waals surface area contributed by atoms with Crippen LogP contribution < -0.4 is 0 Å². The lowest BCUT2D eigenvalue weighted by atomic mass is 10.3. The van der Waals surface area contributed by atoms with E-state index >= 15 is 0 Å². The summed E-state index contributed by atoms with van der Waals surface area (Å²) in [5.41, 5.74) is 1.26. The van der Waals surface area contributed by atoms with Gasteiger partial charge in [0.05, 0.1) is 29.7 Å².